The van der Waals surface area contributed by atoms with Gasteiger partial charge in [0.05, 0.1) is 56.4 Å². The van der Waals surface area contributed by atoms with Gasteiger partial charge in [0.15, 0.2) is 0 Å². The Morgan fingerprint density at radius 1 is 0.196 bits per heavy atom. The Bertz CT molecular complexity index is 7620. The van der Waals surface area contributed by atoms with Gasteiger partial charge in [-0.25, -0.2) is 0 Å². The van der Waals surface area contributed by atoms with Gasteiger partial charge in [0.1, 0.15) is 5.76 Å². The fourth-order valence-corrected chi connectivity index (χ4v) is 18.0. The topological polar surface area (TPSA) is 40.8 Å². The van der Waals surface area contributed by atoms with Gasteiger partial charge in [-0.3, -0.25) is 9.55 Å². The molecule has 0 unspecified atom stereocenters. The molecule has 0 amide bonds. The maximum absolute atomic E-state index is 6.61. The van der Waals surface area contributed by atoms with E-state index in [4.69, 9.17) is 9.40 Å². The van der Waals surface area contributed by atoms with Crippen LogP contribution in [0.5, 0.6) is 0 Å². The first-order valence-corrected chi connectivity index (χ1v) is 38.4. The minimum Gasteiger partial charge on any atom is -0.440 e. The highest BCUT2D eigenvalue weighted by Gasteiger charge is 2.22. The van der Waals surface area contributed by atoms with Crippen LogP contribution < -0.4 is 0 Å². The molecule has 0 spiro atoms. The van der Waals surface area contributed by atoms with Crippen molar-refractivity contribution in [1.29, 1.82) is 0 Å². The molecule has 112 heavy (non-hydrogen) atoms. The highest BCUT2D eigenvalue weighted by atomic mass is 16.4. The van der Waals surface area contributed by atoms with Gasteiger partial charge in [-0.05, 0) is 188 Å². The predicted molar refractivity (Wildman–Crippen MR) is 474 cm³/mol. The van der Waals surface area contributed by atoms with E-state index in [9.17, 15) is 0 Å². The number of furan rings is 1. The van der Waals surface area contributed by atoms with Gasteiger partial charge in [0.2, 0.25) is 5.88 Å². The molecule has 0 saturated carbocycles. The van der Waals surface area contributed by atoms with Gasteiger partial charge in [0, 0.05) is 54.9 Å². The lowest BCUT2D eigenvalue weighted by atomic mass is 9.91. The summed E-state index contributed by atoms with van der Waals surface area (Å²) in [6.07, 6.45) is 2.00. The quantitative estimate of drug-likeness (QED) is 0.118. The molecule has 0 N–H and O–H groups in total. The molecule has 522 valence electrons. The van der Waals surface area contributed by atoms with Crippen molar-refractivity contribution >= 4 is 152 Å². The van der Waals surface area contributed by atoms with Crippen molar-refractivity contribution in [2.45, 2.75) is 0 Å². The van der Waals surface area contributed by atoms with Gasteiger partial charge in [-0.1, -0.05) is 315 Å². The van der Waals surface area contributed by atoms with E-state index in [0.29, 0.717) is 0 Å². The SMILES string of the molecule is c1ccc2c(-c3ccc(-c4ccc5c(c4)c4ccccc4n5-c4cc5ccccc5c5ccccc45)cc3)c3ccccc3cc2c1.c1ccc2c(-c3ccc(-n4c5ccccc5c5ccccc54)cn3)c3ccccc3cc2c1.c1ccc2c(-c3ccc(-n4c5ccccc5c5ccccc54)o3)c3ccccc3cc2c1. The van der Waals surface area contributed by atoms with Crippen molar-refractivity contribution in [1.82, 2.24) is 18.7 Å². The summed E-state index contributed by atoms with van der Waals surface area (Å²) in [6.45, 7) is 0. The first kappa shape index (κ1) is 64.3. The number of aromatic nitrogens is 4. The molecule has 0 atom stereocenters. The molecular formula is C107H68N4O. The molecule has 0 aliphatic carbocycles. The zero-order valence-corrected chi connectivity index (χ0v) is 61.0. The number of para-hydroxylation sites is 5. The van der Waals surface area contributed by atoms with E-state index in [1.807, 2.05) is 6.20 Å². The highest BCUT2D eigenvalue weighted by Crippen LogP contribution is 2.45. The summed E-state index contributed by atoms with van der Waals surface area (Å²) < 4.78 is 13.6. The summed E-state index contributed by atoms with van der Waals surface area (Å²) in [4.78, 5) is 5.00. The zero-order valence-electron chi connectivity index (χ0n) is 61.0. The van der Waals surface area contributed by atoms with E-state index in [1.54, 1.807) is 0 Å². The fraction of sp³-hybridized carbons (Fsp3) is 0. The van der Waals surface area contributed by atoms with E-state index < -0.39 is 0 Å². The number of benzene rings is 19. The van der Waals surface area contributed by atoms with Crippen LogP contribution in [-0.4, -0.2) is 18.7 Å². The van der Waals surface area contributed by atoms with Crippen LogP contribution in [0.3, 0.4) is 0 Å². The Morgan fingerprint density at radius 2 is 0.536 bits per heavy atom. The summed E-state index contributed by atoms with van der Waals surface area (Å²) >= 11 is 0. The third-order valence-electron chi connectivity index (χ3n) is 23.0. The van der Waals surface area contributed by atoms with E-state index in [-0.39, 0.29) is 0 Å². The molecule has 0 radical (unpaired) electrons. The number of fused-ring (bicyclic) bond motifs is 18. The Kier molecular flexibility index (Phi) is 15.2. The Labute approximate surface area is 645 Å². The zero-order chi connectivity index (χ0) is 73.7. The van der Waals surface area contributed by atoms with Crippen LogP contribution in [-0.2, 0) is 0 Å². The average molecular weight is 1430 g/mol. The van der Waals surface area contributed by atoms with Crippen molar-refractivity contribution in [2.24, 2.45) is 0 Å². The normalized spacial score (nSPS) is 11.8. The standard InChI is InChI=1S/C46H29N.C31H20N2.C30H19NO/c1-4-14-36-35(13-1)29-45(40-18-8-7-17-39(36)40)47-43-20-10-9-19-41(43)42-28-32(25-26-44(42)47)30-21-23-31(24-22-30)46-37-15-5-2-11-33(37)27-34-12-3-6-16-38(34)46;1-3-11-24-21(9-1)19-22-10-2-4-12-25(22)31(24)28-18-17-23(20-32-28)33-29-15-7-5-13-26(29)27-14-6-8-16-30(27)33;1-3-11-22-20(9-1)19-21-10-2-4-12-23(21)30(22)28-17-18-29(32-28)31-26-15-7-5-13-24(26)25-14-6-8-16-27(25)31/h1-29H;1-20H;1-19H. The third-order valence-corrected chi connectivity index (χ3v) is 23.0. The van der Waals surface area contributed by atoms with Crippen LogP contribution in [0.1, 0.15) is 0 Å². The van der Waals surface area contributed by atoms with Gasteiger partial charge in [-0.15, -0.1) is 0 Å². The van der Waals surface area contributed by atoms with Crippen LogP contribution in [0.2, 0.25) is 0 Å². The van der Waals surface area contributed by atoms with Crippen molar-refractivity contribution in [3.05, 3.63) is 413 Å². The molecule has 19 aromatic carbocycles. The minimum atomic E-state index is 0.828. The lowest BCUT2D eigenvalue weighted by Gasteiger charge is -2.14. The molecule has 24 aromatic rings. The van der Waals surface area contributed by atoms with Crippen molar-refractivity contribution in [2.75, 3.05) is 0 Å². The number of hydrogen-bond donors (Lipinski definition) is 0. The molecule has 0 fully saturated rings. The molecule has 0 aliphatic rings. The Hall–Kier alpha value is -14.9. The molecule has 5 aromatic heterocycles. The molecular weight excluding hydrogens is 1360 g/mol. The monoisotopic (exact) mass is 1420 g/mol. The summed E-state index contributed by atoms with van der Waals surface area (Å²) in [5.74, 6) is 1.71. The number of hydrogen-bond acceptors (Lipinski definition) is 2. The second kappa shape index (κ2) is 26.5. The van der Waals surface area contributed by atoms with Gasteiger partial charge >= 0.3 is 0 Å². The summed E-state index contributed by atoms with van der Waals surface area (Å²) in [7, 11) is 0. The van der Waals surface area contributed by atoms with Crippen LogP contribution in [0.4, 0.5) is 0 Å². The maximum atomic E-state index is 6.61. The van der Waals surface area contributed by atoms with Gasteiger partial charge in [0.25, 0.3) is 0 Å². The van der Waals surface area contributed by atoms with Crippen LogP contribution >= 0.6 is 0 Å². The second-order valence-electron chi connectivity index (χ2n) is 29.2. The number of rotatable bonds is 7. The van der Waals surface area contributed by atoms with Crippen molar-refractivity contribution in [3.8, 4) is 62.1 Å². The van der Waals surface area contributed by atoms with Gasteiger partial charge < -0.3 is 13.6 Å². The molecule has 0 bridgehead atoms. The number of nitrogens with zero attached hydrogens (tertiary/aromatic N) is 4. The van der Waals surface area contributed by atoms with E-state index in [0.717, 1.165) is 39.6 Å². The average Bonchev–Trinajstić information content (AvgIpc) is 1.53. The van der Waals surface area contributed by atoms with Crippen LogP contribution in [0.15, 0.2) is 417 Å². The summed E-state index contributed by atoms with van der Waals surface area (Å²) in [5.41, 5.74) is 17.7. The Balaban J connectivity index is 0.000000106. The smallest absolute Gasteiger partial charge is 0.205 e. The van der Waals surface area contributed by atoms with E-state index >= 15 is 0 Å². The van der Waals surface area contributed by atoms with E-state index in [2.05, 4.69) is 420 Å². The molecule has 5 heteroatoms. The highest BCUT2D eigenvalue weighted by molar-refractivity contribution is 6.19. The Morgan fingerprint density at radius 3 is 0.991 bits per heavy atom. The predicted octanol–water partition coefficient (Wildman–Crippen LogP) is 29.2. The van der Waals surface area contributed by atoms with Gasteiger partial charge in [-0.2, -0.15) is 0 Å². The van der Waals surface area contributed by atoms with Crippen LogP contribution in [0.25, 0.3) is 214 Å². The fourth-order valence-electron chi connectivity index (χ4n) is 18.0. The largest absolute Gasteiger partial charge is 0.440 e. The molecule has 5 heterocycles. The first-order chi connectivity index (χ1) is 55.6. The van der Waals surface area contributed by atoms with Crippen LogP contribution in [0, 0.1) is 0 Å². The van der Waals surface area contributed by atoms with Crippen molar-refractivity contribution < 1.29 is 4.42 Å². The summed E-state index contributed by atoms with van der Waals surface area (Å²) in [5, 5.41) is 27.5. The molecule has 0 aliphatic heterocycles. The molecule has 5 nitrogen and oxygen atoms in total. The minimum absolute atomic E-state index is 0.828. The lowest BCUT2D eigenvalue weighted by Crippen LogP contribution is -1.96. The molecule has 0 saturated heterocycles. The second-order valence-corrected chi connectivity index (χ2v) is 29.2. The summed E-state index contributed by atoms with van der Waals surface area (Å²) in [6, 6.07) is 146. The number of pyridine rings is 1. The third kappa shape index (κ3) is 10.6. The maximum Gasteiger partial charge on any atom is 0.205 e. The lowest BCUT2D eigenvalue weighted by molar-refractivity contribution is 0.561. The molecule has 24 rings (SSSR count). The first-order valence-electron chi connectivity index (χ1n) is 38.4. The van der Waals surface area contributed by atoms with Crippen molar-refractivity contribution in [3.63, 3.8) is 0 Å². The van der Waals surface area contributed by atoms with E-state index in [1.165, 1.54) is 174 Å².